The smallest absolute Gasteiger partial charge is 0.177 e. The lowest BCUT2D eigenvalue weighted by Gasteiger charge is -2.07. The molecule has 0 spiro atoms. The van der Waals surface area contributed by atoms with E-state index in [9.17, 15) is 4.39 Å². The Kier molecular flexibility index (Phi) is 6.29. The number of nitrogens with one attached hydrogen (secondary N) is 2. The summed E-state index contributed by atoms with van der Waals surface area (Å²) in [5.74, 6) is 0.931. The fourth-order valence-electron chi connectivity index (χ4n) is 3.12. The quantitative estimate of drug-likeness (QED) is 0.397. The van der Waals surface area contributed by atoms with Crippen LogP contribution in [0.1, 0.15) is 16.8 Å². The summed E-state index contributed by atoms with van der Waals surface area (Å²) in [6.45, 7) is 2.92. The van der Waals surface area contributed by atoms with Crippen LogP contribution in [0.3, 0.4) is 0 Å². The van der Waals surface area contributed by atoms with Gasteiger partial charge in [-0.25, -0.2) is 4.39 Å². The number of nitrogens with zero attached hydrogens (tertiary/aromatic N) is 4. The zero-order chi connectivity index (χ0) is 21.8. The molecule has 0 aliphatic carbocycles. The van der Waals surface area contributed by atoms with Gasteiger partial charge in [-0.05, 0) is 42.9 Å². The second-order valence-electron chi connectivity index (χ2n) is 7.03. The van der Waals surface area contributed by atoms with E-state index in [4.69, 9.17) is 23.8 Å². The predicted octanol–water partition coefficient (Wildman–Crippen LogP) is 5.09. The number of benzene rings is 2. The number of aromatic nitrogens is 4. The number of rotatable bonds is 6. The molecule has 0 saturated heterocycles. The van der Waals surface area contributed by atoms with Crippen LogP contribution in [0.25, 0.3) is 0 Å². The Bertz CT molecular complexity index is 1220. The normalized spacial score (nSPS) is 10.8. The third-order valence-corrected chi connectivity index (χ3v) is 5.06. The number of halogens is 2. The summed E-state index contributed by atoms with van der Waals surface area (Å²) in [6, 6.07) is 18.0. The maximum absolute atomic E-state index is 13.8. The van der Waals surface area contributed by atoms with Crippen LogP contribution in [0.4, 0.5) is 16.0 Å². The number of aryl methyl sites for hydroxylation is 1. The van der Waals surface area contributed by atoms with Crippen molar-refractivity contribution in [2.45, 2.75) is 20.0 Å². The third kappa shape index (κ3) is 5.48. The van der Waals surface area contributed by atoms with Gasteiger partial charge in [-0.3, -0.25) is 9.36 Å². The first-order valence-corrected chi connectivity index (χ1v) is 10.4. The molecule has 0 unspecified atom stereocenters. The molecule has 0 aliphatic rings. The van der Waals surface area contributed by atoms with Crippen molar-refractivity contribution >= 4 is 40.6 Å². The fourth-order valence-corrected chi connectivity index (χ4v) is 3.54. The monoisotopic (exact) mass is 454 g/mol. The standard InChI is InChI=1S/C22H20ClFN6S/c1-15-11-21(28-30(15)13-16-5-4-7-18(23)12-16)26-22(31)25-20-9-10-29(27-20)14-17-6-2-3-8-19(17)24/h2-12H,13-14H2,1H3,(H2,25,26,27,28,31). The van der Waals surface area contributed by atoms with Crippen LogP contribution in [0, 0.1) is 12.7 Å². The van der Waals surface area contributed by atoms with Crippen molar-refractivity contribution in [1.82, 2.24) is 19.6 Å². The minimum absolute atomic E-state index is 0.256. The summed E-state index contributed by atoms with van der Waals surface area (Å²) in [4.78, 5) is 0. The second kappa shape index (κ2) is 9.28. The Labute approximate surface area is 189 Å². The van der Waals surface area contributed by atoms with Gasteiger partial charge < -0.3 is 10.6 Å². The average molecular weight is 455 g/mol. The number of anilines is 2. The predicted molar refractivity (Wildman–Crippen MR) is 125 cm³/mol. The van der Waals surface area contributed by atoms with Crippen LogP contribution in [-0.4, -0.2) is 24.7 Å². The minimum atomic E-state index is -0.256. The Balaban J connectivity index is 1.36. The molecule has 2 heterocycles. The molecule has 31 heavy (non-hydrogen) atoms. The molecule has 0 aliphatic heterocycles. The van der Waals surface area contributed by atoms with E-state index in [1.165, 1.54) is 6.07 Å². The summed E-state index contributed by atoms with van der Waals surface area (Å²) >= 11 is 11.4. The van der Waals surface area contributed by atoms with E-state index in [1.807, 2.05) is 41.9 Å². The van der Waals surface area contributed by atoms with E-state index >= 15 is 0 Å². The molecule has 0 fully saturated rings. The minimum Gasteiger partial charge on any atom is -0.316 e. The first-order valence-electron chi connectivity index (χ1n) is 9.60. The molecular formula is C22H20ClFN6S. The lowest BCUT2D eigenvalue weighted by atomic mass is 10.2. The summed E-state index contributed by atoms with van der Waals surface area (Å²) in [7, 11) is 0. The highest BCUT2D eigenvalue weighted by molar-refractivity contribution is 7.80. The Morgan fingerprint density at radius 1 is 1.00 bits per heavy atom. The van der Waals surface area contributed by atoms with Gasteiger partial charge in [0.25, 0.3) is 0 Å². The summed E-state index contributed by atoms with van der Waals surface area (Å²) in [5.41, 5.74) is 2.62. The number of hydrogen-bond donors (Lipinski definition) is 2. The molecule has 4 rings (SSSR count). The maximum Gasteiger partial charge on any atom is 0.177 e. The van der Waals surface area contributed by atoms with Gasteiger partial charge in [-0.2, -0.15) is 10.2 Å². The first-order chi connectivity index (χ1) is 15.0. The Hall–Kier alpha value is -3.23. The third-order valence-electron chi connectivity index (χ3n) is 4.62. The van der Waals surface area contributed by atoms with Gasteiger partial charge in [0.2, 0.25) is 0 Å². The molecule has 2 aromatic heterocycles. The highest BCUT2D eigenvalue weighted by Crippen LogP contribution is 2.15. The molecule has 0 amide bonds. The van der Waals surface area contributed by atoms with Crippen molar-refractivity contribution in [3.05, 3.63) is 94.5 Å². The van der Waals surface area contributed by atoms with Crippen LogP contribution in [0.15, 0.2) is 66.9 Å². The first kappa shape index (κ1) is 21.0. The Morgan fingerprint density at radius 2 is 1.81 bits per heavy atom. The molecule has 4 aromatic rings. The van der Waals surface area contributed by atoms with Crippen molar-refractivity contribution in [3.8, 4) is 0 Å². The molecule has 0 radical (unpaired) electrons. The largest absolute Gasteiger partial charge is 0.316 e. The van der Waals surface area contributed by atoms with Gasteiger partial charge >= 0.3 is 0 Å². The number of thiocarbonyl (C=S) groups is 1. The van der Waals surface area contributed by atoms with Gasteiger partial charge in [0.05, 0.1) is 13.1 Å². The molecule has 2 N–H and O–H groups in total. The number of hydrogen-bond acceptors (Lipinski definition) is 3. The van der Waals surface area contributed by atoms with Crippen LogP contribution in [0.5, 0.6) is 0 Å². The average Bonchev–Trinajstić information content (AvgIpc) is 3.29. The molecule has 0 saturated carbocycles. The van der Waals surface area contributed by atoms with Gasteiger partial charge in [0, 0.05) is 34.6 Å². The van der Waals surface area contributed by atoms with Crippen molar-refractivity contribution in [1.29, 1.82) is 0 Å². The summed E-state index contributed by atoms with van der Waals surface area (Å²) in [6.07, 6.45) is 1.77. The van der Waals surface area contributed by atoms with Gasteiger partial charge in [0.15, 0.2) is 16.7 Å². The van der Waals surface area contributed by atoms with E-state index < -0.39 is 0 Å². The van der Waals surface area contributed by atoms with E-state index in [1.54, 1.807) is 35.1 Å². The van der Waals surface area contributed by atoms with Gasteiger partial charge in [0.1, 0.15) is 5.82 Å². The summed E-state index contributed by atoms with van der Waals surface area (Å²) < 4.78 is 17.3. The Morgan fingerprint density at radius 3 is 2.61 bits per heavy atom. The van der Waals surface area contributed by atoms with E-state index in [0.717, 1.165) is 11.3 Å². The van der Waals surface area contributed by atoms with Crippen molar-refractivity contribution in [3.63, 3.8) is 0 Å². The van der Waals surface area contributed by atoms with Crippen molar-refractivity contribution in [2.75, 3.05) is 10.6 Å². The molecule has 6 nitrogen and oxygen atoms in total. The lowest BCUT2D eigenvalue weighted by molar-refractivity contribution is 0.586. The van der Waals surface area contributed by atoms with Gasteiger partial charge in [-0.15, -0.1) is 0 Å². The fraction of sp³-hybridized carbons (Fsp3) is 0.136. The zero-order valence-electron chi connectivity index (χ0n) is 16.7. The van der Waals surface area contributed by atoms with Crippen molar-refractivity contribution in [2.24, 2.45) is 0 Å². The SMILES string of the molecule is Cc1cc(NC(=S)Nc2ccn(Cc3ccccc3F)n2)nn1Cc1cccc(Cl)c1. The van der Waals surface area contributed by atoms with Crippen LogP contribution >= 0.6 is 23.8 Å². The maximum atomic E-state index is 13.8. The lowest BCUT2D eigenvalue weighted by Crippen LogP contribution is -2.20. The van der Waals surface area contributed by atoms with Crippen LogP contribution in [0.2, 0.25) is 5.02 Å². The molecule has 0 atom stereocenters. The molecule has 0 bridgehead atoms. The molecular weight excluding hydrogens is 435 g/mol. The second-order valence-corrected chi connectivity index (χ2v) is 7.87. The zero-order valence-corrected chi connectivity index (χ0v) is 18.3. The van der Waals surface area contributed by atoms with E-state index in [-0.39, 0.29) is 5.82 Å². The van der Waals surface area contributed by atoms with Crippen LogP contribution in [-0.2, 0) is 13.1 Å². The highest BCUT2D eigenvalue weighted by atomic mass is 35.5. The summed E-state index contributed by atoms with van der Waals surface area (Å²) in [5, 5.41) is 16.1. The molecule has 9 heteroatoms. The highest BCUT2D eigenvalue weighted by Gasteiger charge is 2.09. The van der Waals surface area contributed by atoms with E-state index in [0.29, 0.717) is 40.4 Å². The molecule has 2 aromatic carbocycles. The topological polar surface area (TPSA) is 59.7 Å². The van der Waals surface area contributed by atoms with Gasteiger partial charge in [-0.1, -0.05) is 41.9 Å². The molecule has 158 valence electrons. The van der Waals surface area contributed by atoms with E-state index in [2.05, 4.69) is 20.8 Å². The van der Waals surface area contributed by atoms with Crippen LogP contribution < -0.4 is 10.6 Å². The van der Waals surface area contributed by atoms with Crippen molar-refractivity contribution < 1.29 is 4.39 Å².